The van der Waals surface area contributed by atoms with Crippen LogP contribution in [-0.2, 0) is 11.2 Å². The normalized spacial score (nSPS) is 15.1. The maximum atomic E-state index is 13.9. The van der Waals surface area contributed by atoms with Gasteiger partial charge in [-0.25, -0.2) is 18.9 Å². The van der Waals surface area contributed by atoms with Gasteiger partial charge in [0.25, 0.3) is 0 Å². The van der Waals surface area contributed by atoms with E-state index in [1.807, 2.05) is 45.0 Å². The summed E-state index contributed by atoms with van der Waals surface area (Å²) in [5, 5.41) is 7.48. The standard InChI is InChI=1S/C32H30F4N6O3S/c1-19(2)26-15-23(33)8-13-27(26)42-28(43)17-46-31(42)39-30(44)37-16-20(3)14-21-4-6-22(7-5-21)29-38-18-41(40-29)24-9-11-25(12-10-24)45-32(34,35)36/h4-13,15,18-20H,14,16-17H2,1-3H3,(H,37,44)/b39-31-. The summed E-state index contributed by atoms with van der Waals surface area (Å²) < 4.78 is 56.5. The molecular formula is C32H30F4N6O3S. The lowest BCUT2D eigenvalue weighted by molar-refractivity contribution is -0.274. The number of aliphatic imine (C=N–C) groups is 1. The van der Waals surface area contributed by atoms with Crippen molar-refractivity contribution in [2.24, 2.45) is 10.9 Å². The van der Waals surface area contributed by atoms with Gasteiger partial charge in [0.1, 0.15) is 17.9 Å². The summed E-state index contributed by atoms with van der Waals surface area (Å²) in [7, 11) is 0. The number of amides is 3. The van der Waals surface area contributed by atoms with Gasteiger partial charge in [-0.2, -0.15) is 4.99 Å². The first-order valence-electron chi connectivity index (χ1n) is 14.3. The molecule has 3 amide bonds. The second-order valence-electron chi connectivity index (χ2n) is 11.0. The average Bonchev–Trinajstić information content (AvgIpc) is 3.63. The Morgan fingerprint density at radius 3 is 2.46 bits per heavy atom. The van der Waals surface area contributed by atoms with E-state index < -0.39 is 18.2 Å². The van der Waals surface area contributed by atoms with Gasteiger partial charge < -0.3 is 10.1 Å². The highest BCUT2D eigenvalue weighted by molar-refractivity contribution is 8.15. The number of rotatable bonds is 9. The Morgan fingerprint density at radius 2 is 1.78 bits per heavy atom. The van der Waals surface area contributed by atoms with E-state index in [0.717, 1.165) is 22.9 Å². The fourth-order valence-corrected chi connectivity index (χ4v) is 5.70. The summed E-state index contributed by atoms with van der Waals surface area (Å²) >= 11 is 1.16. The molecule has 1 unspecified atom stereocenters. The van der Waals surface area contributed by atoms with E-state index in [2.05, 4.69) is 25.1 Å². The van der Waals surface area contributed by atoms with Crippen LogP contribution in [0.4, 0.5) is 28.0 Å². The SMILES string of the molecule is CC(CNC(=O)/N=C1\SCC(=O)N1c1ccc(F)cc1C(C)C)Cc1ccc(-c2ncn(-c3ccc(OC(F)(F)F)cc3)n2)cc1. The van der Waals surface area contributed by atoms with Crippen LogP contribution in [-0.4, -0.2) is 50.5 Å². The van der Waals surface area contributed by atoms with E-state index in [0.29, 0.717) is 35.7 Å². The summed E-state index contributed by atoms with van der Waals surface area (Å²) in [6.07, 6.45) is -2.63. The van der Waals surface area contributed by atoms with Gasteiger partial charge in [0.2, 0.25) is 5.91 Å². The predicted octanol–water partition coefficient (Wildman–Crippen LogP) is 7.12. The summed E-state index contributed by atoms with van der Waals surface area (Å²) in [6.45, 7) is 6.15. The number of alkyl halides is 3. The molecule has 9 nitrogen and oxygen atoms in total. The minimum atomic E-state index is -4.76. The number of nitrogens with zero attached hydrogens (tertiary/aromatic N) is 5. The van der Waals surface area contributed by atoms with Crippen molar-refractivity contribution in [2.45, 2.75) is 39.5 Å². The second-order valence-corrected chi connectivity index (χ2v) is 12.0. The number of thioether (sulfide) groups is 1. The van der Waals surface area contributed by atoms with Gasteiger partial charge in [-0.15, -0.1) is 18.3 Å². The molecule has 0 radical (unpaired) electrons. The fraction of sp³-hybridized carbons (Fsp3) is 0.281. The number of urea groups is 1. The van der Waals surface area contributed by atoms with Gasteiger partial charge in [-0.05, 0) is 71.8 Å². The molecule has 240 valence electrons. The monoisotopic (exact) mass is 654 g/mol. The molecule has 0 saturated carbocycles. The first kappa shape index (κ1) is 32.7. The number of carbonyl (C=O) groups excluding carboxylic acids is 2. The number of hydrogen-bond acceptors (Lipinski definition) is 6. The maximum Gasteiger partial charge on any atom is 0.573 e. The fourth-order valence-electron chi connectivity index (χ4n) is 4.85. The van der Waals surface area contributed by atoms with Gasteiger partial charge in [-0.1, -0.05) is 56.8 Å². The zero-order chi connectivity index (χ0) is 33.0. The molecule has 5 rings (SSSR count). The number of anilines is 1. The minimum absolute atomic E-state index is 0.0427. The summed E-state index contributed by atoms with van der Waals surface area (Å²) in [5.74, 6) is -0.347. The number of hydrogen-bond donors (Lipinski definition) is 1. The van der Waals surface area contributed by atoms with E-state index in [-0.39, 0.29) is 34.4 Å². The molecule has 3 aromatic carbocycles. The number of carbonyl (C=O) groups is 2. The topological polar surface area (TPSA) is 102 Å². The van der Waals surface area contributed by atoms with Gasteiger partial charge in [0, 0.05) is 12.1 Å². The van der Waals surface area contributed by atoms with Crippen molar-refractivity contribution in [3.05, 3.63) is 90.0 Å². The lowest BCUT2D eigenvalue weighted by Gasteiger charge is -2.21. The van der Waals surface area contributed by atoms with Crippen LogP contribution >= 0.6 is 11.8 Å². The van der Waals surface area contributed by atoms with Gasteiger partial charge in [-0.3, -0.25) is 9.69 Å². The van der Waals surface area contributed by atoms with Crippen molar-refractivity contribution in [3.8, 4) is 22.8 Å². The molecule has 1 N–H and O–H groups in total. The third-order valence-corrected chi connectivity index (χ3v) is 7.96. The number of nitrogens with one attached hydrogen (secondary N) is 1. The first-order chi connectivity index (χ1) is 21.9. The average molecular weight is 655 g/mol. The largest absolute Gasteiger partial charge is 0.573 e. The smallest absolute Gasteiger partial charge is 0.406 e. The zero-order valence-electron chi connectivity index (χ0n) is 25.1. The second kappa shape index (κ2) is 13.7. The van der Waals surface area contributed by atoms with E-state index in [1.165, 1.54) is 58.4 Å². The summed E-state index contributed by atoms with van der Waals surface area (Å²) in [4.78, 5) is 35.2. The van der Waals surface area contributed by atoms with Crippen molar-refractivity contribution in [3.63, 3.8) is 0 Å². The van der Waals surface area contributed by atoms with Crippen molar-refractivity contribution in [1.82, 2.24) is 20.1 Å². The number of amidine groups is 1. The van der Waals surface area contributed by atoms with Gasteiger partial charge in [0.15, 0.2) is 11.0 Å². The molecule has 0 spiro atoms. The molecule has 1 aliphatic rings. The van der Waals surface area contributed by atoms with Gasteiger partial charge in [0.05, 0.1) is 17.1 Å². The highest BCUT2D eigenvalue weighted by Gasteiger charge is 2.33. The maximum absolute atomic E-state index is 13.9. The number of ether oxygens (including phenoxy) is 1. The Morgan fingerprint density at radius 1 is 1.07 bits per heavy atom. The third kappa shape index (κ3) is 8.10. The molecule has 1 aromatic heterocycles. The lowest BCUT2D eigenvalue weighted by atomic mass is 10.00. The van der Waals surface area contributed by atoms with Crippen LogP contribution in [0, 0.1) is 11.7 Å². The van der Waals surface area contributed by atoms with Crippen LogP contribution in [0.1, 0.15) is 37.8 Å². The summed E-state index contributed by atoms with van der Waals surface area (Å²) in [6, 6.07) is 16.6. The molecule has 1 saturated heterocycles. The Kier molecular flexibility index (Phi) is 9.75. The van der Waals surface area contributed by atoms with Crippen LogP contribution in [0.25, 0.3) is 17.1 Å². The lowest BCUT2D eigenvalue weighted by Crippen LogP contribution is -2.33. The molecule has 0 aliphatic carbocycles. The van der Waals surface area contributed by atoms with E-state index in [1.54, 1.807) is 0 Å². The minimum Gasteiger partial charge on any atom is -0.406 e. The van der Waals surface area contributed by atoms with E-state index >= 15 is 0 Å². The molecule has 0 bridgehead atoms. The number of benzene rings is 3. The van der Waals surface area contributed by atoms with Crippen molar-refractivity contribution >= 4 is 34.6 Å². The molecule has 1 aliphatic heterocycles. The molecule has 4 aromatic rings. The molecule has 1 atom stereocenters. The quantitative estimate of drug-likeness (QED) is 0.193. The van der Waals surface area contributed by atoms with Crippen molar-refractivity contribution < 1.29 is 31.9 Å². The van der Waals surface area contributed by atoms with Gasteiger partial charge >= 0.3 is 12.4 Å². The highest BCUT2D eigenvalue weighted by atomic mass is 32.2. The number of aromatic nitrogens is 3. The third-order valence-electron chi connectivity index (χ3n) is 7.04. The molecular weight excluding hydrogens is 624 g/mol. The summed E-state index contributed by atoms with van der Waals surface area (Å²) in [5.41, 5.74) is 3.47. The van der Waals surface area contributed by atoms with Crippen molar-refractivity contribution in [1.29, 1.82) is 0 Å². The van der Waals surface area contributed by atoms with E-state index in [9.17, 15) is 27.2 Å². The zero-order valence-corrected chi connectivity index (χ0v) is 25.9. The van der Waals surface area contributed by atoms with Crippen molar-refractivity contribution in [2.75, 3.05) is 17.2 Å². The Hall–Kier alpha value is -4.72. The Balaban J connectivity index is 1.16. The van der Waals surface area contributed by atoms with Crippen LogP contribution in [0.15, 0.2) is 78.0 Å². The number of halogens is 4. The first-order valence-corrected chi connectivity index (χ1v) is 15.3. The molecule has 46 heavy (non-hydrogen) atoms. The van der Waals surface area contributed by atoms with Crippen LogP contribution in [0.2, 0.25) is 0 Å². The van der Waals surface area contributed by atoms with Crippen LogP contribution in [0.3, 0.4) is 0 Å². The Bertz CT molecular complexity index is 1740. The van der Waals surface area contributed by atoms with Crippen LogP contribution < -0.4 is 15.0 Å². The Labute approximate surface area is 266 Å². The highest BCUT2D eigenvalue weighted by Crippen LogP contribution is 2.34. The molecule has 1 fully saturated rings. The molecule has 14 heteroatoms. The predicted molar refractivity (Wildman–Crippen MR) is 168 cm³/mol. The molecule has 2 heterocycles. The van der Waals surface area contributed by atoms with Crippen LogP contribution in [0.5, 0.6) is 5.75 Å². The van der Waals surface area contributed by atoms with E-state index in [4.69, 9.17) is 0 Å².